The Morgan fingerprint density at radius 3 is 2.30 bits per heavy atom. The van der Waals surface area contributed by atoms with Crippen molar-refractivity contribution in [1.29, 1.82) is 0 Å². The van der Waals surface area contributed by atoms with E-state index < -0.39 is 10.0 Å². The van der Waals surface area contributed by atoms with Crippen LogP contribution in [0.3, 0.4) is 0 Å². The van der Waals surface area contributed by atoms with Gasteiger partial charge in [0, 0.05) is 12.6 Å². The lowest BCUT2D eigenvalue weighted by molar-refractivity contribution is 0.354. The highest BCUT2D eigenvalue weighted by Crippen LogP contribution is 2.29. The average Bonchev–Trinajstić information content (AvgIpc) is 2.59. The number of rotatable bonds is 8. The molecule has 0 fully saturated rings. The number of sulfonamides is 1. The van der Waals surface area contributed by atoms with Gasteiger partial charge in [-0.25, -0.2) is 13.1 Å². The van der Waals surface area contributed by atoms with Crippen LogP contribution in [0.2, 0.25) is 0 Å². The topological polar surface area (TPSA) is 64.6 Å². The standard InChI is InChI=1S/C17H21NO4S/c1-21-16-11-10-15(13-17(16)22-2)23(19,20)18-12-6-9-14-7-4-3-5-8-14/h3-5,7-8,10-11,13,18H,6,9,12H2,1-2H3. The molecule has 0 amide bonds. The summed E-state index contributed by atoms with van der Waals surface area (Å²) in [6.07, 6.45) is 1.56. The highest BCUT2D eigenvalue weighted by molar-refractivity contribution is 7.89. The molecule has 2 rings (SSSR count). The van der Waals surface area contributed by atoms with Gasteiger partial charge in [0.25, 0.3) is 0 Å². The van der Waals surface area contributed by atoms with Crippen molar-refractivity contribution in [2.45, 2.75) is 17.7 Å². The minimum atomic E-state index is -3.56. The first-order valence-electron chi connectivity index (χ1n) is 7.32. The van der Waals surface area contributed by atoms with Crippen molar-refractivity contribution in [3.05, 3.63) is 54.1 Å². The summed E-state index contributed by atoms with van der Waals surface area (Å²) in [5, 5.41) is 0. The summed E-state index contributed by atoms with van der Waals surface area (Å²) in [5.41, 5.74) is 1.19. The highest BCUT2D eigenvalue weighted by Gasteiger charge is 2.16. The van der Waals surface area contributed by atoms with E-state index in [9.17, 15) is 8.42 Å². The van der Waals surface area contributed by atoms with Crippen molar-refractivity contribution in [2.75, 3.05) is 20.8 Å². The molecule has 5 nitrogen and oxygen atoms in total. The van der Waals surface area contributed by atoms with Crippen LogP contribution in [0.1, 0.15) is 12.0 Å². The van der Waals surface area contributed by atoms with E-state index in [2.05, 4.69) is 4.72 Å². The van der Waals surface area contributed by atoms with E-state index in [1.807, 2.05) is 30.3 Å². The van der Waals surface area contributed by atoms with E-state index in [0.717, 1.165) is 12.8 Å². The molecule has 1 N–H and O–H groups in total. The largest absolute Gasteiger partial charge is 0.493 e. The maximum atomic E-state index is 12.3. The first-order chi connectivity index (χ1) is 11.1. The maximum absolute atomic E-state index is 12.3. The molecule has 2 aromatic carbocycles. The van der Waals surface area contributed by atoms with Crippen molar-refractivity contribution in [2.24, 2.45) is 0 Å². The second-order valence-corrected chi connectivity index (χ2v) is 6.77. The van der Waals surface area contributed by atoms with Gasteiger partial charge in [-0.3, -0.25) is 0 Å². The maximum Gasteiger partial charge on any atom is 0.240 e. The third kappa shape index (κ3) is 4.71. The lowest BCUT2D eigenvalue weighted by atomic mass is 10.1. The fraction of sp³-hybridized carbons (Fsp3) is 0.294. The number of nitrogens with one attached hydrogen (secondary N) is 1. The Labute approximate surface area is 137 Å². The zero-order chi connectivity index (χ0) is 16.7. The van der Waals surface area contributed by atoms with Crippen LogP contribution in [0.4, 0.5) is 0 Å². The van der Waals surface area contributed by atoms with Gasteiger partial charge in [-0.15, -0.1) is 0 Å². The van der Waals surface area contributed by atoms with Crippen LogP contribution in [0.5, 0.6) is 11.5 Å². The zero-order valence-corrected chi connectivity index (χ0v) is 14.1. The predicted molar refractivity (Wildman–Crippen MR) is 89.5 cm³/mol. The van der Waals surface area contributed by atoms with Gasteiger partial charge >= 0.3 is 0 Å². The third-order valence-electron chi connectivity index (χ3n) is 3.44. The molecule has 23 heavy (non-hydrogen) atoms. The van der Waals surface area contributed by atoms with Crippen LogP contribution in [-0.2, 0) is 16.4 Å². The van der Waals surface area contributed by atoms with Crippen LogP contribution >= 0.6 is 0 Å². The smallest absolute Gasteiger partial charge is 0.240 e. The van der Waals surface area contributed by atoms with E-state index >= 15 is 0 Å². The molecule has 0 aliphatic rings. The quantitative estimate of drug-likeness (QED) is 0.753. The molecule has 0 atom stereocenters. The van der Waals surface area contributed by atoms with E-state index in [4.69, 9.17) is 9.47 Å². The van der Waals surface area contributed by atoms with Crippen molar-refractivity contribution in [3.63, 3.8) is 0 Å². The van der Waals surface area contributed by atoms with Crippen LogP contribution in [0, 0.1) is 0 Å². The van der Waals surface area contributed by atoms with Gasteiger partial charge in [0.05, 0.1) is 19.1 Å². The Bertz CT molecular complexity index is 730. The monoisotopic (exact) mass is 335 g/mol. The van der Waals surface area contributed by atoms with E-state index in [-0.39, 0.29) is 4.90 Å². The summed E-state index contributed by atoms with van der Waals surface area (Å²) < 4.78 is 37.5. The number of hydrogen-bond acceptors (Lipinski definition) is 4. The molecule has 0 aromatic heterocycles. The Hall–Kier alpha value is -2.05. The summed E-state index contributed by atoms with van der Waals surface area (Å²) in [4.78, 5) is 0.162. The highest BCUT2D eigenvalue weighted by atomic mass is 32.2. The number of methoxy groups -OCH3 is 2. The van der Waals surface area contributed by atoms with Crippen molar-refractivity contribution in [1.82, 2.24) is 4.72 Å². The van der Waals surface area contributed by atoms with E-state index in [1.54, 1.807) is 6.07 Å². The molecule has 0 unspecified atom stereocenters. The molecule has 0 bridgehead atoms. The summed E-state index contributed by atoms with van der Waals surface area (Å²) >= 11 is 0. The number of benzene rings is 2. The van der Waals surface area contributed by atoms with Gasteiger partial charge in [0.2, 0.25) is 10.0 Å². The molecule has 6 heteroatoms. The second kappa shape index (κ2) is 7.99. The lowest BCUT2D eigenvalue weighted by Crippen LogP contribution is -2.25. The molecule has 0 heterocycles. The number of ether oxygens (including phenoxy) is 2. The fourth-order valence-corrected chi connectivity index (χ4v) is 3.30. The SMILES string of the molecule is COc1ccc(S(=O)(=O)NCCCc2ccccc2)cc1OC. The number of aryl methyl sites for hydroxylation is 1. The average molecular weight is 335 g/mol. The van der Waals surface area contributed by atoms with Crippen molar-refractivity contribution >= 4 is 10.0 Å². The molecular formula is C17H21NO4S. The Morgan fingerprint density at radius 2 is 1.65 bits per heavy atom. The van der Waals surface area contributed by atoms with Gasteiger partial charge in [0.15, 0.2) is 11.5 Å². The van der Waals surface area contributed by atoms with Gasteiger partial charge in [-0.2, -0.15) is 0 Å². The van der Waals surface area contributed by atoms with Gasteiger partial charge < -0.3 is 9.47 Å². The molecule has 0 saturated carbocycles. The summed E-state index contributed by atoms with van der Waals surface area (Å²) in [7, 11) is -0.576. The molecule has 0 spiro atoms. The normalized spacial score (nSPS) is 11.2. The molecule has 0 aliphatic carbocycles. The van der Waals surface area contributed by atoms with Gasteiger partial charge in [0.1, 0.15) is 0 Å². The van der Waals surface area contributed by atoms with Gasteiger partial charge in [-0.1, -0.05) is 30.3 Å². The van der Waals surface area contributed by atoms with E-state index in [0.29, 0.717) is 18.0 Å². The minimum Gasteiger partial charge on any atom is -0.493 e. The third-order valence-corrected chi connectivity index (χ3v) is 4.90. The molecule has 124 valence electrons. The molecule has 0 radical (unpaired) electrons. The van der Waals surface area contributed by atoms with Crippen LogP contribution in [0.15, 0.2) is 53.4 Å². The second-order valence-electron chi connectivity index (χ2n) is 5.00. The Kier molecular flexibility index (Phi) is 6.01. The molecule has 0 aliphatic heterocycles. The van der Waals surface area contributed by atoms with Crippen LogP contribution in [-0.4, -0.2) is 29.2 Å². The van der Waals surface area contributed by atoms with Crippen molar-refractivity contribution in [3.8, 4) is 11.5 Å². The Morgan fingerprint density at radius 1 is 0.957 bits per heavy atom. The Balaban J connectivity index is 1.96. The molecule has 0 saturated heterocycles. The summed E-state index contributed by atoms with van der Waals surface area (Å²) in [5.74, 6) is 0.884. The van der Waals surface area contributed by atoms with Crippen molar-refractivity contribution < 1.29 is 17.9 Å². The molecule has 2 aromatic rings. The van der Waals surface area contributed by atoms with E-state index in [1.165, 1.54) is 31.9 Å². The minimum absolute atomic E-state index is 0.162. The number of hydrogen-bond donors (Lipinski definition) is 1. The summed E-state index contributed by atoms with van der Waals surface area (Å²) in [6, 6.07) is 14.5. The van der Waals surface area contributed by atoms with Crippen LogP contribution < -0.4 is 14.2 Å². The summed E-state index contributed by atoms with van der Waals surface area (Å²) in [6.45, 7) is 0.381. The lowest BCUT2D eigenvalue weighted by Gasteiger charge is -2.11. The zero-order valence-electron chi connectivity index (χ0n) is 13.3. The predicted octanol–water partition coefficient (Wildman–Crippen LogP) is 2.61. The van der Waals surface area contributed by atoms with Gasteiger partial charge in [-0.05, 0) is 30.5 Å². The van der Waals surface area contributed by atoms with Crippen LogP contribution in [0.25, 0.3) is 0 Å². The first kappa shape index (κ1) is 17.3. The molecular weight excluding hydrogens is 314 g/mol. The first-order valence-corrected chi connectivity index (χ1v) is 8.81. The fourth-order valence-electron chi connectivity index (χ4n) is 2.21.